The minimum Gasteiger partial charge on any atom is -0.183 e. The highest BCUT2D eigenvalue weighted by Gasteiger charge is 2.18. The van der Waals surface area contributed by atoms with Crippen molar-refractivity contribution >= 4 is 22.6 Å². The number of hydrogen-bond acceptors (Lipinski definition) is 2. The Bertz CT molecular complexity index is 294. The molecular weight excluding hydrogens is 270 g/mol. The summed E-state index contributed by atoms with van der Waals surface area (Å²) in [5.74, 6) is -0.514. The second kappa shape index (κ2) is 3.24. The fraction of sp³-hybridized carbons (Fsp3) is 0.500. The van der Waals surface area contributed by atoms with Crippen molar-refractivity contribution in [3.05, 3.63) is 21.3 Å². The van der Waals surface area contributed by atoms with Gasteiger partial charge in [-0.15, -0.1) is 10.2 Å². The normalized spacial score (nSPS) is 11.8. The summed E-state index contributed by atoms with van der Waals surface area (Å²) >= 11 is 2.06. The van der Waals surface area contributed by atoms with Gasteiger partial charge in [-0.1, -0.05) is 20.8 Å². The van der Waals surface area contributed by atoms with Gasteiger partial charge in [-0.2, -0.15) is 4.39 Å². The van der Waals surface area contributed by atoms with Crippen LogP contribution in [0.1, 0.15) is 26.3 Å². The Morgan fingerprint density at radius 1 is 1.33 bits per heavy atom. The van der Waals surface area contributed by atoms with E-state index in [1.807, 2.05) is 20.8 Å². The maximum atomic E-state index is 12.7. The van der Waals surface area contributed by atoms with Gasteiger partial charge in [0, 0.05) is 6.07 Å². The molecule has 0 aliphatic heterocycles. The van der Waals surface area contributed by atoms with E-state index in [0.29, 0.717) is 0 Å². The van der Waals surface area contributed by atoms with E-state index < -0.39 is 5.95 Å². The quantitative estimate of drug-likeness (QED) is 0.682. The van der Waals surface area contributed by atoms with Gasteiger partial charge >= 0.3 is 0 Å². The van der Waals surface area contributed by atoms with Crippen LogP contribution in [0, 0.1) is 9.65 Å². The molecule has 1 heterocycles. The van der Waals surface area contributed by atoms with Gasteiger partial charge in [-0.3, -0.25) is 0 Å². The van der Waals surface area contributed by atoms with Gasteiger partial charge in [0.05, 0.1) is 0 Å². The first-order valence-electron chi connectivity index (χ1n) is 3.60. The molecule has 0 radical (unpaired) electrons. The largest absolute Gasteiger partial charge is 0.233 e. The van der Waals surface area contributed by atoms with Crippen LogP contribution in [0.5, 0.6) is 0 Å². The summed E-state index contributed by atoms with van der Waals surface area (Å²) < 4.78 is 13.5. The molecule has 4 heteroatoms. The van der Waals surface area contributed by atoms with E-state index in [9.17, 15) is 4.39 Å². The predicted molar refractivity (Wildman–Crippen MR) is 53.4 cm³/mol. The maximum absolute atomic E-state index is 12.7. The lowest BCUT2D eigenvalue weighted by Gasteiger charge is -2.19. The number of aromatic nitrogens is 2. The third-order valence-corrected chi connectivity index (χ3v) is 2.32. The van der Waals surface area contributed by atoms with Gasteiger partial charge in [-0.05, 0) is 33.6 Å². The van der Waals surface area contributed by atoms with Crippen molar-refractivity contribution in [1.29, 1.82) is 0 Å². The van der Waals surface area contributed by atoms with Crippen LogP contribution >= 0.6 is 22.6 Å². The Balaban J connectivity index is 3.23. The fourth-order valence-corrected chi connectivity index (χ4v) is 1.95. The molecule has 0 aromatic carbocycles. The Labute approximate surface area is 84.7 Å². The fourth-order valence-electron chi connectivity index (χ4n) is 0.879. The van der Waals surface area contributed by atoms with Crippen LogP contribution in [-0.4, -0.2) is 10.2 Å². The molecule has 0 aliphatic carbocycles. The van der Waals surface area contributed by atoms with Gasteiger partial charge in [0.1, 0.15) is 3.70 Å². The molecule has 12 heavy (non-hydrogen) atoms. The van der Waals surface area contributed by atoms with Crippen molar-refractivity contribution in [2.24, 2.45) is 0 Å². The zero-order chi connectivity index (χ0) is 9.35. The van der Waals surface area contributed by atoms with E-state index in [1.54, 1.807) is 0 Å². The summed E-state index contributed by atoms with van der Waals surface area (Å²) in [7, 11) is 0. The molecule has 0 amide bonds. The summed E-state index contributed by atoms with van der Waals surface area (Å²) in [5.41, 5.74) is 0.823. The predicted octanol–water partition coefficient (Wildman–Crippen LogP) is 2.52. The highest BCUT2D eigenvalue weighted by Crippen LogP contribution is 2.25. The summed E-state index contributed by atoms with van der Waals surface area (Å²) in [5, 5.41) is 7.04. The third kappa shape index (κ3) is 2.12. The summed E-state index contributed by atoms with van der Waals surface area (Å²) in [6.07, 6.45) is 0. The van der Waals surface area contributed by atoms with Crippen molar-refractivity contribution in [2.45, 2.75) is 26.2 Å². The molecule has 0 atom stereocenters. The number of hydrogen-bond donors (Lipinski definition) is 0. The topological polar surface area (TPSA) is 25.8 Å². The molecule has 0 bridgehead atoms. The smallest absolute Gasteiger partial charge is 0.183 e. The first kappa shape index (κ1) is 9.83. The lowest BCUT2D eigenvalue weighted by atomic mass is 9.89. The number of nitrogens with zero attached hydrogens (tertiary/aromatic N) is 2. The molecule has 0 N–H and O–H groups in total. The van der Waals surface area contributed by atoms with Gasteiger partial charge in [0.25, 0.3) is 0 Å². The molecule has 66 valence electrons. The maximum Gasteiger partial charge on any atom is 0.233 e. The van der Waals surface area contributed by atoms with Crippen LogP contribution in [0.25, 0.3) is 0 Å². The molecule has 0 aliphatic rings. The molecule has 0 unspecified atom stereocenters. The Hall–Kier alpha value is -0.260. The first-order chi connectivity index (χ1) is 5.41. The molecule has 0 saturated carbocycles. The lowest BCUT2D eigenvalue weighted by Crippen LogP contribution is -2.15. The average molecular weight is 280 g/mol. The van der Waals surface area contributed by atoms with Crippen LogP contribution in [0.3, 0.4) is 0 Å². The summed E-state index contributed by atoms with van der Waals surface area (Å²) in [6, 6.07) is 1.44. The molecule has 1 rings (SSSR count). The zero-order valence-corrected chi connectivity index (χ0v) is 9.39. The van der Waals surface area contributed by atoms with E-state index >= 15 is 0 Å². The van der Waals surface area contributed by atoms with Crippen molar-refractivity contribution in [3.8, 4) is 0 Å². The van der Waals surface area contributed by atoms with E-state index in [1.165, 1.54) is 6.07 Å². The molecule has 2 nitrogen and oxygen atoms in total. The highest BCUT2D eigenvalue weighted by atomic mass is 127. The van der Waals surface area contributed by atoms with Gasteiger partial charge in [-0.25, -0.2) is 0 Å². The number of halogens is 2. The third-order valence-electron chi connectivity index (χ3n) is 1.53. The van der Waals surface area contributed by atoms with Crippen LogP contribution in [-0.2, 0) is 5.41 Å². The van der Waals surface area contributed by atoms with Crippen molar-refractivity contribution < 1.29 is 4.39 Å². The van der Waals surface area contributed by atoms with E-state index in [4.69, 9.17) is 0 Å². The van der Waals surface area contributed by atoms with Crippen LogP contribution in [0.15, 0.2) is 6.07 Å². The molecular formula is C8H10FIN2. The van der Waals surface area contributed by atoms with E-state index in [0.717, 1.165) is 9.26 Å². The lowest BCUT2D eigenvalue weighted by molar-refractivity contribution is 0.527. The standard InChI is InChI=1S/C8H10FIN2/c1-8(2,3)5-4-6(9)11-12-7(5)10/h4H,1-3H3. The number of rotatable bonds is 0. The zero-order valence-electron chi connectivity index (χ0n) is 7.23. The minimum atomic E-state index is -0.514. The Morgan fingerprint density at radius 3 is 2.33 bits per heavy atom. The SMILES string of the molecule is CC(C)(C)c1cc(F)nnc1I. The molecule has 1 aromatic heterocycles. The summed E-state index contributed by atoms with van der Waals surface area (Å²) in [6.45, 7) is 6.06. The van der Waals surface area contributed by atoms with Gasteiger partial charge in [0.2, 0.25) is 5.95 Å². The average Bonchev–Trinajstić information content (AvgIpc) is 1.92. The minimum absolute atomic E-state index is 0.0761. The van der Waals surface area contributed by atoms with Crippen molar-refractivity contribution in [3.63, 3.8) is 0 Å². The molecule has 1 aromatic rings. The van der Waals surface area contributed by atoms with Crippen LogP contribution < -0.4 is 0 Å². The van der Waals surface area contributed by atoms with Crippen LogP contribution in [0.4, 0.5) is 4.39 Å². The van der Waals surface area contributed by atoms with E-state index in [-0.39, 0.29) is 5.41 Å². The molecule has 0 spiro atoms. The van der Waals surface area contributed by atoms with E-state index in [2.05, 4.69) is 32.8 Å². The molecule has 0 saturated heterocycles. The first-order valence-corrected chi connectivity index (χ1v) is 4.68. The highest BCUT2D eigenvalue weighted by molar-refractivity contribution is 14.1. The summed E-state index contributed by atoms with van der Waals surface area (Å²) in [4.78, 5) is 0. The Kier molecular flexibility index (Phi) is 2.65. The second-order valence-electron chi connectivity index (χ2n) is 3.62. The van der Waals surface area contributed by atoms with Crippen molar-refractivity contribution in [2.75, 3.05) is 0 Å². The van der Waals surface area contributed by atoms with Crippen molar-refractivity contribution in [1.82, 2.24) is 10.2 Å². The van der Waals surface area contributed by atoms with Gasteiger partial charge < -0.3 is 0 Å². The molecule has 0 fully saturated rings. The monoisotopic (exact) mass is 280 g/mol. The van der Waals surface area contributed by atoms with Crippen LogP contribution in [0.2, 0.25) is 0 Å². The Morgan fingerprint density at radius 2 is 1.92 bits per heavy atom. The van der Waals surface area contributed by atoms with Gasteiger partial charge in [0.15, 0.2) is 0 Å². The second-order valence-corrected chi connectivity index (χ2v) is 4.64.